The van der Waals surface area contributed by atoms with E-state index in [2.05, 4.69) is 10.2 Å². The SMILES string of the molecule is Cc1c(C(=O)NCC(c2cccc(F)c2)N2CCOCC2)cccc1[N+](=O)[O-]. The van der Waals surface area contributed by atoms with Crippen molar-refractivity contribution in [2.24, 2.45) is 0 Å². The molecule has 28 heavy (non-hydrogen) atoms. The second-order valence-corrected chi connectivity index (χ2v) is 6.64. The van der Waals surface area contributed by atoms with Crippen LogP contribution in [0, 0.1) is 22.9 Å². The fourth-order valence-electron chi connectivity index (χ4n) is 3.41. The smallest absolute Gasteiger partial charge is 0.273 e. The molecule has 1 amide bonds. The van der Waals surface area contributed by atoms with Gasteiger partial charge in [-0.15, -0.1) is 0 Å². The van der Waals surface area contributed by atoms with Crippen molar-refractivity contribution >= 4 is 11.6 Å². The van der Waals surface area contributed by atoms with Crippen LogP contribution >= 0.6 is 0 Å². The van der Waals surface area contributed by atoms with E-state index >= 15 is 0 Å². The number of nitrogens with one attached hydrogen (secondary N) is 1. The summed E-state index contributed by atoms with van der Waals surface area (Å²) >= 11 is 0. The number of benzene rings is 2. The number of hydrogen-bond donors (Lipinski definition) is 1. The molecule has 1 N–H and O–H groups in total. The number of ether oxygens (including phenoxy) is 1. The Hall–Kier alpha value is -2.84. The van der Waals surface area contributed by atoms with E-state index in [9.17, 15) is 19.3 Å². The van der Waals surface area contributed by atoms with Crippen LogP contribution in [0.4, 0.5) is 10.1 Å². The normalized spacial score (nSPS) is 15.8. The molecule has 2 aromatic rings. The van der Waals surface area contributed by atoms with Gasteiger partial charge in [-0.2, -0.15) is 0 Å². The number of morpholine rings is 1. The molecule has 2 aromatic carbocycles. The molecular weight excluding hydrogens is 365 g/mol. The molecule has 1 heterocycles. The number of nitro groups is 1. The van der Waals surface area contributed by atoms with Crippen LogP contribution in [0.5, 0.6) is 0 Å². The predicted molar refractivity (Wildman–Crippen MR) is 102 cm³/mol. The molecular formula is C20H22FN3O4. The van der Waals surface area contributed by atoms with E-state index < -0.39 is 10.8 Å². The summed E-state index contributed by atoms with van der Waals surface area (Å²) in [5.74, 6) is -0.729. The molecule has 3 rings (SSSR count). The maximum absolute atomic E-state index is 13.7. The lowest BCUT2D eigenvalue weighted by atomic mass is 10.0. The molecule has 1 aliphatic heterocycles. The fourth-order valence-corrected chi connectivity index (χ4v) is 3.41. The van der Waals surface area contributed by atoms with Crippen LogP contribution < -0.4 is 5.32 Å². The van der Waals surface area contributed by atoms with Crippen molar-refractivity contribution in [3.63, 3.8) is 0 Å². The van der Waals surface area contributed by atoms with Crippen LogP contribution in [0.25, 0.3) is 0 Å². The van der Waals surface area contributed by atoms with E-state index in [0.717, 1.165) is 5.56 Å². The third-order valence-corrected chi connectivity index (χ3v) is 4.92. The Morgan fingerprint density at radius 3 is 2.68 bits per heavy atom. The van der Waals surface area contributed by atoms with E-state index in [0.29, 0.717) is 31.9 Å². The van der Waals surface area contributed by atoms with Crippen LogP contribution in [0.1, 0.15) is 27.5 Å². The minimum atomic E-state index is -0.505. The Balaban J connectivity index is 1.79. The summed E-state index contributed by atoms with van der Waals surface area (Å²) in [7, 11) is 0. The monoisotopic (exact) mass is 387 g/mol. The Labute approximate surface area is 162 Å². The molecule has 0 radical (unpaired) electrons. The Morgan fingerprint density at radius 2 is 2.00 bits per heavy atom. The van der Waals surface area contributed by atoms with Gasteiger partial charge in [-0.1, -0.05) is 18.2 Å². The van der Waals surface area contributed by atoms with Crippen molar-refractivity contribution in [3.8, 4) is 0 Å². The fraction of sp³-hybridized carbons (Fsp3) is 0.350. The zero-order valence-corrected chi connectivity index (χ0v) is 15.6. The van der Waals surface area contributed by atoms with Gasteiger partial charge in [-0.25, -0.2) is 4.39 Å². The molecule has 1 aliphatic rings. The van der Waals surface area contributed by atoms with Gasteiger partial charge in [-0.3, -0.25) is 19.8 Å². The summed E-state index contributed by atoms with van der Waals surface area (Å²) in [6.07, 6.45) is 0. The Morgan fingerprint density at radius 1 is 1.29 bits per heavy atom. The van der Waals surface area contributed by atoms with Gasteiger partial charge in [0, 0.05) is 36.8 Å². The molecule has 1 saturated heterocycles. The average Bonchev–Trinajstić information content (AvgIpc) is 2.69. The number of hydrogen-bond acceptors (Lipinski definition) is 5. The lowest BCUT2D eigenvalue weighted by Crippen LogP contribution is -2.44. The van der Waals surface area contributed by atoms with Crippen molar-refractivity contribution in [2.45, 2.75) is 13.0 Å². The summed E-state index contributed by atoms with van der Waals surface area (Å²) in [5, 5.41) is 14.0. The molecule has 0 spiro atoms. The van der Waals surface area contributed by atoms with Gasteiger partial charge < -0.3 is 10.1 Å². The van der Waals surface area contributed by atoms with Crippen molar-refractivity contribution in [1.82, 2.24) is 10.2 Å². The molecule has 8 heteroatoms. The average molecular weight is 387 g/mol. The standard InChI is InChI=1S/C20H22FN3O4/c1-14-17(6-3-7-18(14)24(26)27)20(25)22-13-19(23-8-10-28-11-9-23)15-4-2-5-16(21)12-15/h2-7,12,19H,8-11,13H2,1H3,(H,22,25). The van der Waals surface area contributed by atoms with Crippen molar-refractivity contribution in [1.29, 1.82) is 0 Å². The van der Waals surface area contributed by atoms with Crippen LogP contribution in [0.15, 0.2) is 42.5 Å². The van der Waals surface area contributed by atoms with Gasteiger partial charge in [0.25, 0.3) is 11.6 Å². The number of nitro benzene ring substituents is 1. The van der Waals surface area contributed by atoms with Crippen LogP contribution in [0.2, 0.25) is 0 Å². The van der Waals surface area contributed by atoms with Crippen LogP contribution in [-0.4, -0.2) is 48.6 Å². The van der Waals surface area contributed by atoms with Gasteiger partial charge in [0.1, 0.15) is 5.82 Å². The van der Waals surface area contributed by atoms with Crippen molar-refractivity contribution in [3.05, 3.63) is 75.1 Å². The Bertz CT molecular complexity index is 868. The third kappa shape index (κ3) is 4.52. The summed E-state index contributed by atoms with van der Waals surface area (Å²) < 4.78 is 19.1. The molecule has 0 bridgehead atoms. The first-order chi connectivity index (χ1) is 13.5. The summed E-state index contributed by atoms with van der Waals surface area (Å²) in [6.45, 7) is 4.30. The van der Waals surface area contributed by atoms with E-state index in [1.54, 1.807) is 19.1 Å². The summed E-state index contributed by atoms with van der Waals surface area (Å²) in [5.41, 5.74) is 1.24. The first-order valence-electron chi connectivity index (χ1n) is 9.07. The maximum atomic E-state index is 13.7. The van der Waals surface area contributed by atoms with E-state index in [1.807, 2.05) is 6.07 Å². The van der Waals surface area contributed by atoms with Gasteiger partial charge >= 0.3 is 0 Å². The highest BCUT2D eigenvalue weighted by Crippen LogP contribution is 2.24. The molecule has 7 nitrogen and oxygen atoms in total. The molecule has 0 saturated carbocycles. The highest BCUT2D eigenvalue weighted by atomic mass is 19.1. The van der Waals surface area contributed by atoms with Gasteiger partial charge in [0.05, 0.1) is 24.2 Å². The van der Waals surface area contributed by atoms with E-state index in [-0.39, 0.29) is 29.7 Å². The van der Waals surface area contributed by atoms with Crippen molar-refractivity contribution in [2.75, 3.05) is 32.8 Å². The number of halogens is 1. The highest BCUT2D eigenvalue weighted by molar-refractivity contribution is 5.96. The van der Waals surface area contributed by atoms with Gasteiger partial charge in [0.2, 0.25) is 0 Å². The van der Waals surface area contributed by atoms with E-state index in [4.69, 9.17) is 4.74 Å². The molecule has 1 fully saturated rings. The van der Waals surface area contributed by atoms with Crippen LogP contribution in [0.3, 0.4) is 0 Å². The number of rotatable bonds is 6. The maximum Gasteiger partial charge on any atom is 0.273 e. The number of carbonyl (C=O) groups excluding carboxylic acids is 1. The minimum absolute atomic E-state index is 0.0949. The zero-order chi connectivity index (χ0) is 20.1. The van der Waals surface area contributed by atoms with E-state index in [1.165, 1.54) is 24.3 Å². The molecule has 1 unspecified atom stereocenters. The summed E-state index contributed by atoms with van der Waals surface area (Å²) in [6, 6.07) is 10.5. The quantitative estimate of drug-likeness (QED) is 0.609. The molecule has 0 aromatic heterocycles. The minimum Gasteiger partial charge on any atom is -0.379 e. The highest BCUT2D eigenvalue weighted by Gasteiger charge is 2.25. The lowest BCUT2D eigenvalue weighted by Gasteiger charge is -2.35. The second kappa shape index (κ2) is 8.90. The first-order valence-corrected chi connectivity index (χ1v) is 9.07. The predicted octanol–water partition coefficient (Wildman–Crippen LogP) is 2.85. The van der Waals surface area contributed by atoms with Crippen LogP contribution in [-0.2, 0) is 4.74 Å². The number of carbonyl (C=O) groups is 1. The van der Waals surface area contributed by atoms with Gasteiger partial charge in [0.15, 0.2) is 0 Å². The topological polar surface area (TPSA) is 84.7 Å². The first kappa shape index (κ1) is 19.9. The molecule has 0 aliphatic carbocycles. The van der Waals surface area contributed by atoms with Crippen molar-refractivity contribution < 1.29 is 18.8 Å². The third-order valence-electron chi connectivity index (χ3n) is 4.92. The Kier molecular flexibility index (Phi) is 6.33. The summed E-state index contributed by atoms with van der Waals surface area (Å²) in [4.78, 5) is 25.4. The largest absolute Gasteiger partial charge is 0.379 e. The number of amides is 1. The second-order valence-electron chi connectivity index (χ2n) is 6.64. The lowest BCUT2D eigenvalue weighted by molar-refractivity contribution is -0.385. The van der Waals surface area contributed by atoms with Gasteiger partial charge in [-0.05, 0) is 30.7 Å². The number of nitrogens with zero attached hydrogens (tertiary/aromatic N) is 2. The molecule has 148 valence electrons. The molecule has 1 atom stereocenters. The zero-order valence-electron chi connectivity index (χ0n) is 15.6.